The molecule has 0 bridgehead atoms. The van der Waals surface area contributed by atoms with Crippen molar-refractivity contribution in [3.05, 3.63) is 65.7 Å². The maximum absolute atomic E-state index is 12.5. The average Bonchev–Trinajstić information content (AvgIpc) is 2.65. The second-order valence-electron chi connectivity index (χ2n) is 5.54. The van der Waals surface area contributed by atoms with Gasteiger partial charge in [0.1, 0.15) is 0 Å². The van der Waals surface area contributed by atoms with Crippen LogP contribution in [0.3, 0.4) is 0 Å². The number of rotatable bonds is 6. The molecular weight excluding hydrogens is 304 g/mol. The lowest BCUT2D eigenvalue weighted by molar-refractivity contribution is 0.0913. The Labute approximate surface area is 141 Å². The molecule has 0 aromatic heterocycles. The summed E-state index contributed by atoms with van der Waals surface area (Å²) in [5, 5.41) is 11.9. The van der Waals surface area contributed by atoms with Crippen LogP contribution in [0.1, 0.15) is 34.1 Å². The van der Waals surface area contributed by atoms with Gasteiger partial charge < -0.3 is 15.3 Å². The van der Waals surface area contributed by atoms with E-state index in [9.17, 15) is 9.59 Å². The highest BCUT2D eigenvalue weighted by Gasteiger charge is 2.15. The highest BCUT2D eigenvalue weighted by atomic mass is 16.3. The van der Waals surface area contributed by atoms with Gasteiger partial charge >= 0.3 is 0 Å². The van der Waals surface area contributed by atoms with Crippen LogP contribution in [0.25, 0.3) is 0 Å². The zero-order valence-corrected chi connectivity index (χ0v) is 13.9. The van der Waals surface area contributed by atoms with Gasteiger partial charge in [0.05, 0.1) is 12.6 Å². The van der Waals surface area contributed by atoms with E-state index in [-0.39, 0.29) is 24.5 Å². The molecule has 5 heteroatoms. The van der Waals surface area contributed by atoms with E-state index in [4.69, 9.17) is 5.11 Å². The van der Waals surface area contributed by atoms with E-state index in [0.29, 0.717) is 17.5 Å². The van der Waals surface area contributed by atoms with Crippen LogP contribution in [-0.2, 0) is 0 Å². The van der Waals surface area contributed by atoms with E-state index in [0.717, 1.165) is 5.69 Å². The predicted molar refractivity (Wildman–Crippen MR) is 94.2 cm³/mol. The van der Waals surface area contributed by atoms with Crippen LogP contribution < -0.4 is 10.2 Å². The first-order chi connectivity index (χ1) is 11.6. The van der Waals surface area contributed by atoms with Crippen LogP contribution in [-0.4, -0.2) is 36.6 Å². The third kappa shape index (κ3) is 4.20. The summed E-state index contributed by atoms with van der Waals surface area (Å²) in [5.74, 6) is -0.402. The zero-order valence-electron chi connectivity index (χ0n) is 13.9. The smallest absolute Gasteiger partial charge is 0.258 e. The summed E-state index contributed by atoms with van der Waals surface area (Å²) < 4.78 is 0. The van der Waals surface area contributed by atoms with Gasteiger partial charge in [-0.15, -0.1) is 0 Å². The Kier molecular flexibility index (Phi) is 6.09. The molecule has 1 atom stereocenters. The van der Waals surface area contributed by atoms with E-state index < -0.39 is 0 Å². The number of nitrogens with one attached hydrogen (secondary N) is 1. The summed E-state index contributed by atoms with van der Waals surface area (Å²) in [7, 11) is 1.71. The fraction of sp³-hybridized carbons (Fsp3) is 0.263. The number of para-hydroxylation sites is 1. The fourth-order valence-electron chi connectivity index (χ4n) is 2.27. The Morgan fingerprint density at radius 2 is 1.62 bits per heavy atom. The molecule has 0 aliphatic carbocycles. The number of nitrogens with zero attached hydrogens (tertiary/aromatic N) is 1. The summed E-state index contributed by atoms with van der Waals surface area (Å²) in [6.07, 6.45) is 0.653. The fourth-order valence-corrected chi connectivity index (χ4v) is 2.27. The van der Waals surface area contributed by atoms with E-state index in [2.05, 4.69) is 5.32 Å². The first kappa shape index (κ1) is 17.7. The molecular formula is C19H22N2O3. The van der Waals surface area contributed by atoms with Gasteiger partial charge in [-0.3, -0.25) is 9.59 Å². The number of hydrogen-bond donors (Lipinski definition) is 2. The minimum absolute atomic E-state index is 0.0965. The van der Waals surface area contributed by atoms with Crippen molar-refractivity contribution < 1.29 is 14.7 Å². The Balaban J connectivity index is 2.08. The molecule has 24 heavy (non-hydrogen) atoms. The van der Waals surface area contributed by atoms with Crippen molar-refractivity contribution in [1.82, 2.24) is 5.32 Å². The van der Waals surface area contributed by atoms with Gasteiger partial charge in [0, 0.05) is 23.9 Å². The molecule has 0 aliphatic rings. The number of hydrogen-bond acceptors (Lipinski definition) is 3. The molecule has 2 aromatic rings. The van der Waals surface area contributed by atoms with Crippen LogP contribution in [0.4, 0.5) is 5.69 Å². The normalized spacial score (nSPS) is 11.6. The molecule has 1 unspecified atom stereocenters. The Morgan fingerprint density at radius 3 is 2.17 bits per heavy atom. The van der Waals surface area contributed by atoms with Gasteiger partial charge in [0.25, 0.3) is 11.8 Å². The van der Waals surface area contributed by atoms with Crippen LogP contribution in [0, 0.1) is 0 Å². The van der Waals surface area contributed by atoms with Crippen molar-refractivity contribution in [2.45, 2.75) is 19.4 Å². The Bertz CT molecular complexity index is 680. The van der Waals surface area contributed by atoms with Crippen LogP contribution in [0.2, 0.25) is 0 Å². The molecule has 2 aromatic carbocycles. The lowest BCUT2D eigenvalue weighted by Crippen LogP contribution is -2.36. The number of carbonyl (C=O) groups is 2. The second-order valence-corrected chi connectivity index (χ2v) is 5.54. The number of amides is 2. The lowest BCUT2D eigenvalue weighted by Gasteiger charge is -2.17. The standard InChI is InChI=1S/C19H22N2O3/c1-3-16(13-22)20-18(23)14-9-11-15(12-10-14)19(24)21(2)17-7-5-4-6-8-17/h4-12,16,22H,3,13H2,1-2H3,(H,20,23). The minimum Gasteiger partial charge on any atom is -0.394 e. The number of aliphatic hydroxyl groups is 1. The summed E-state index contributed by atoms with van der Waals surface area (Å²) >= 11 is 0. The number of carbonyl (C=O) groups excluding carboxylic acids is 2. The van der Waals surface area contributed by atoms with Crippen molar-refractivity contribution in [2.75, 3.05) is 18.6 Å². The molecule has 0 heterocycles. The maximum Gasteiger partial charge on any atom is 0.258 e. The van der Waals surface area contributed by atoms with Gasteiger partial charge in [-0.1, -0.05) is 25.1 Å². The molecule has 2 rings (SSSR count). The number of benzene rings is 2. The molecule has 2 amide bonds. The van der Waals surface area contributed by atoms with Crippen molar-refractivity contribution in [3.8, 4) is 0 Å². The molecule has 5 nitrogen and oxygen atoms in total. The third-order valence-corrected chi connectivity index (χ3v) is 3.89. The Morgan fingerprint density at radius 1 is 1.04 bits per heavy atom. The number of aliphatic hydroxyl groups excluding tert-OH is 1. The summed E-state index contributed by atoms with van der Waals surface area (Å²) in [6, 6.07) is 15.6. The lowest BCUT2D eigenvalue weighted by atomic mass is 10.1. The van der Waals surface area contributed by atoms with Gasteiger partial charge in [-0.25, -0.2) is 0 Å². The third-order valence-electron chi connectivity index (χ3n) is 3.89. The molecule has 0 aliphatic heterocycles. The zero-order chi connectivity index (χ0) is 17.5. The molecule has 126 valence electrons. The first-order valence-electron chi connectivity index (χ1n) is 7.91. The first-order valence-corrected chi connectivity index (χ1v) is 7.91. The van der Waals surface area contributed by atoms with Gasteiger partial charge in [-0.2, -0.15) is 0 Å². The highest BCUT2D eigenvalue weighted by Crippen LogP contribution is 2.15. The van der Waals surface area contributed by atoms with E-state index >= 15 is 0 Å². The monoisotopic (exact) mass is 326 g/mol. The van der Waals surface area contributed by atoms with Gasteiger partial charge in [0.2, 0.25) is 0 Å². The molecule has 0 saturated heterocycles. The summed E-state index contributed by atoms with van der Waals surface area (Å²) in [4.78, 5) is 26.1. The van der Waals surface area contributed by atoms with E-state index in [1.807, 2.05) is 37.3 Å². The highest BCUT2D eigenvalue weighted by molar-refractivity contribution is 6.06. The SMILES string of the molecule is CCC(CO)NC(=O)c1ccc(C(=O)N(C)c2ccccc2)cc1. The van der Waals surface area contributed by atoms with Crippen LogP contribution in [0.5, 0.6) is 0 Å². The quantitative estimate of drug-likeness (QED) is 0.857. The molecule has 0 spiro atoms. The maximum atomic E-state index is 12.5. The van der Waals surface area contributed by atoms with Crippen molar-refractivity contribution in [1.29, 1.82) is 0 Å². The largest absolute Gasteiger partial charge is 0.394 e. The van der Waals surface area contributed by atoms with Crippen molar-refractivity contribution in [2.24, 2.45) is 0 Å². The molecule has 2 N–H and O–H groups in total. The van der Waals surface area contributed by atoms with Gasteiger partial charge in [-0.05, 0) is 42.8 Å². The van der Waals surface area contributed by atoms with E-state index in [1.165, 1.54) is 0 Å². The molecule has 0 fully saturated rings. The Hall–Kier alpha value is -2.66. The number of anilines is 1. The van der Waals surface area contributed by atoms with Crippen molar-refractivity contribution >= 4 is 17.5 Å². The van der Waals surface area contributed by atoms with Crippen LogP contribution >= 0.6 is 0 Å². The molecule has 0 radical (unpaired) electrons. The minimum atomic E-state index is -0.261. The second kappa shape index (κ2) is 8.26. The van der Waals surface area contributed by atoms with E-state index in [1.54, 1.807) is 36.2 Å². The van der Waals surface area contributed by atoms with Gasteiger partial charge in [0.15, 0.2) is 0 Å². The summed E-state index contributed by atoms with van der Waals surface area (Å²) in [5.41, 5.74) is 1.77. The molecule has 0 saturated carbocycles. The predicted octanol–water partition coefficient (Wildman–Crippen LogP) is 2.46. The van der Waals surface area contributed by atoms with Crippen molar-refractivity contribution in [3.63, 3.8) is 0 Å². The average molecular weight is 326 g/mol. The topological polar surface area (TPSA) is 69.6 Å². The van der Waals surface area contributed by atoms with Crippen LogP contribution in [0.15, 0.2) is 54.6 Å². The summed E-state index contributed by atoms with van der Waals surface area (Å²) in [6.45, 7) is 1.79.